The molecular formula is C14H22N2O2S. The first-order valence-electron chi connectivity index (χ1n) is 6.94. The van der Waals surface area contributed by atoms with E-state index in [2.05, 4.69) is 10.0 Å². The van der Waals surface area contributed by atoms with Crippen LogP contribution in [-0.2, 0) is 16.4 Å². The topological polar surface area (TPSA) is 58.2 Å². The molecule has 1 aliphatic carbocycles. The van der Waals surface area contributed by atoms with E-state index in [0.717, 1.165) is 25.4 Å². The van der Waals surface area contributed by atoms with Gasteiger partial charge in [-0.05, 0) is 49.9 Å². The Hall–Kier alpha value is -0.910. The van der Waals surface area contributed by atoms with E-state index < -0.39 is 10.0 Å². The van der Waals surface area contributed by atoms with Crippen LogP contribution in [0, 0.1) is 0 Å². The van der Waals surface area contributed by atoms with E-state index >= 15 is 0 Å². The van der Waals surface area contributed by atoms with Crippen molar-refractivity contribution in [1.29, 1.82) is 0 Å². The number of nitrogens with one attached hydrogen (secondary N) is 2. The Labute approximate surface area is 115 Å². The SMILES string of the molecule is CCNS(=O)(=O)c1ccc(CCCNC2CC2)cc1. The maximum Gasteiger partial charge on any atom is 0.240 e. The molecule has 0 bridgehead atoms. The van der Waals surface area contributed by atoms with Crippen molar-refractivity contribution in [2.75, 3.05) is 13.1 Å². The van der Waals surface area contributed by atoms with Gasteiger partial charge in [0.1, 0.15) is 0 Å². The average Bonchev–Trinajstić information content (AvgIpc) is 3.19. The zero-order chi connectivity index (χ0) is 13.7. The van der Waals surface area contributed by atoms with Gasteiger partial charge in [-0.2, -0.15) is 0 Å². The summed E-state index contributed by atoms with van der Waals surface area (Å²) in [5, 5.41) is 3.47. The van der Waals surface area contributed by atoms with E-state index in [1.165, 1.54) is 18.4 Å². The monoisotopic (exact) mass is 282 g/mol. The number of rotatable bonds is 8. The Balaban J connectivity index is 1.83. The van der Waals surface area contributed by atoms with E-state index in [1.807, 2.05) is 12.1 Å². The summed E-state index contributed by atoms with van der Waals surface area (Å²) in [4.78, 5) is 0.342. The van der Waals surface area contributed by atoms with Gasteiger partial charge in [-0.15, -0.1) is 0 Å². The highest BCUT2D eigenvalue weighted by atomic mass is 32.2. The summed E-state index contributed by atoms with van der Waals surface area (Å²) < 4.78 is 26.0. The number of hydrogen-bond donors (Lipinski definition) is 2. The molecule has 0 atom stereocenters. The van der Waals surface area contributed by atoms with E-state index in [9.17, 15) is 8.42 Å². The van der Waals surface area contributed by atoms with E-state index in [-0.39, 0.29) is 0 Å². The minimum absolute atomic E-state index is 0.342. The fourth-order valence-corrected chi connectivity index (χ4v) is 3.04. The maximum atomic E-state index is 11.8. The molecule has 0 radical (unpaired) electrons. The lowest BCUT2D eigenvalue weighted by Crippen LogP contribution is -2.23. The maximum absolute atomic E-state index is 11.8. The Morgan fingerprint density at radius 1 is 1.21 bits per heavy atom. The van der Waals surface area contributed by atoms with Crippen LogP contribution in [0.15, 0.2) is 29.2 Å². The molecule has 1 fully saturated rings. The molecule has 1 saturated carbocycles. The first-order chi connectivity index (χ1) is 9.12. The Bertz CT molecular complexity index is 493. The molecule has 5 heteroatoms. The predicted octanol–water partition coefficient (Wildman–Crippen LogP) is 1.67. The van der Waals surface area contributed by atoms with Gasteiger partial charge >= 0.3 is 0 Å². The Morgan fingerprint density at radius 3 is 2.47 bits per heavy atom. The summed E-state index contributed by atoms with van der Waals surface area (Å²) in [5.41, 5.74) is 1.19. The van der Waals surface area contributed by atoms with Crippen molar-refractivity contribution in [3.63, 3.8) is 0 Å². The van der Waals surface area contributed by atoms with Crippen LogP contribution in [0.2, 0.25) is 0 Å². The average molecular weight is 282 g/mol. The van der Waals surface area contributed by atoms with Gasteiger partial charge in [0.25, 0.3) is 0 Å². The molecule has 0 unspecified atom stereocenters. The molecule has 19 heavy (non-hydrogen) atoms. The van der Waals surface area contributed by atoms with Gasteiger partial charge in [0, 0.05) is 12.6 Å². The van der Waals surface area contributed by atoms with Crippen molar-refractivity contribution in [1.82, 2.24) is 10.0 Å². The van der Waals surface area contributed by atoms with Crippen molar-refractivity contribution < 1.29 is 8.42 Å². The molecule has 0 spiro atoms. The summed E-state index contributed by atoms with van der Waals surface area (Å²) in [6.45, 7) is 3.23. The van der Waals surface area contributed by atoms with Crippen molar-refractivity contribution in [2.45, 2.75) is 43.5 Å². The summed E-state index contributed by atoms with van der Waals surface area (Å²) in [6.07, 6.45) is 4.71. The van der Waals surface area contributed by atoms with Crippen LogP contribution < -0.4 is 10.0 Å². The van der Waals surface area contributed by atoms with Gasteiger partial charge in [-0.3, -0.25) is 0 Å². The van der Waals surface area contributed by atoms with E-state index in [1.54, 1.807) is 19.1 Å². The number of sulfonamides is 1. The fraction of sp³-hybridized carbons (Fsp3) is 0.571. The van der Waals surface area contributed by atoms with Crippen LogP contribution in [0.4, 0.5) is 0 Å². The highest BCUT2D eigenvalue weighted by molar-refractivity contribution is 7.89. The highest BCUT2D eigenvalue weighted by Crippen LogP contribution is 2.18. The largest absolute Gasteiger partial charge is 0.314 e. The summed E-state index contributed by atoms with van der Waals surface area (Å²) in [6, 6.07) is 7.93. The summed E-state index contributed by atoms with van der Waals surface area (Å²) >= 11 is 0. The zero-order valence-corrected chi connectivity index (χ0v) is 12.2. The van der Waals surface area contributed by atoms with Crippen LogP contribution in [-0.4, -0.2) is 27.5 Å². The lowest BCUT2D eigenvalue weighted by atomic mass is 10.1. The van der Waals surface area contributed by atoms with Crippen LogP contribution in [0.3, 0.4) is 0 Å². The molecule has 0 aromatic heterocycles. The van der Waals surface area contributed by atoms with Crippen molar-refractivity contribution in [3.8, 4) is 0 Å². The quantitative estimate of drug-likeness (QED) is 0.713. The highest BCUT2D eigenvalue weighted by Gasteiger charge is 2.19. The molecule has 0 heterocycles. The first kappa shape index (κ1) is 14.5. The van der Waals surface area contributed by atoms with Crippen molar-refractivity contribution in [3.05, 3.63) is 29.8 Å². The normalized spacial score (nSPS) is 15.6. The Kier molecular flexibility index (Phi) is 4.96. The summed E-state index contributed by atoms with van der Waals surface area (Å²) in [5.74, 6) is 0. The smallest absolute Gasteiger partial charge is 0.240 e. The second-order valence-corrected chi connectivity index (χ2v) is 6.74. The second-order valence-electron chi connectivity index (χ2n) is 4.98. The molecule has 4 nitrogen and oxygen atoms in total. The van der Waals surface area contributed by atoms with Gasteiger partial charge in [-0.25, -0.2) is 13.1 Å². The molecule has 2 rings (SSSR count). The lowest BCUT2D eigenvalue weighted by Gasteiger charge is -2.06. The third-order valence-corrected chi connectivity index (χ3v) is 4.78. The molecule has 0 saturated heterocycles. The van der Waals surface area contributed by atoms with Gasteiger partial charge < -0.3 is 5.32 Å². The van der Waals surface area contributed by atoms with Crippen molar-refractivity contribution >= 4 is 10.0 Å². The standard InChI is InChI=1S/C14H22N2O2S/c1-2-16-19(17,18)14-9-5-12(6-10-14)4-3-11-15-13-7-8-13/h5-6,9-10,13,15-16H,2-4,7-8,11H2,1H3. The molecule has 1 aliphatic rings. The molecule has 106 valence electrons. The molecule has 1 aromatic carbocycles. The summed E-state index contributed by atoms with van der Waals surface area (Å²) in [7, 11) is -3.32. The Morgan fingerprint density at radius 2 is 1.89 bits per heavy atom. The van der Waals surface area contributed by atoms with Crippen LogP contribution in [0.1, 0.15) is 31.7 Å². The number of aryl methyl sites for hydroxylation is 1. The molecule has 0 aliphatic heterocycles. The van der Waals surface area contributed by atoms with E-state index in [0.29, 0.717) is 11.4 Å². The molecule has 2 N–H and O–H groups in total. The number of benzene rings is 1. The van der Waals surface area contributed by atoms with Crippen LogP contribution in [0.5, 0.6) is 0 Å². The lowest BCUT2D eigenvalue weighted by molar-refractivity contribution is 0.584. The zero-order valence-electron chi connectivity index (χ0n) is 11.4. The van der Waals surface area contributed by atoms with Crippen LogP contribution >= 0.6 is 0 Å². The van der Waals surface area contributed by atoms with Gasteiger partial charge in [0.05, 0.1) is 4.90 Å². The third kappa shape index (κ3) is 4.60. The molecular weight excluding hydrogens is 260 g/mol. The fourth-order valence-electron chi connectivity index (χ4n) is 1.99. The van der Waals surface area contributed by atoms with Gasteiger partial charge in [0.2, 0.25) is 10.0 Å². The van der Waals surface area contributed by atoms with E-state index in [4.69, 9.17) is 0 Å². The minimum Gasteiger partial charge on any atom is -0.314 e. The third-order valence-electron chi connectivity index (χ3n) is 3.22. The van der Waals surface area contributed by atoms with Crippen LogP contribution in [0.25, 0.3) is 0 Å². The molecule has 0 amide bonds. The van der Waals surface area contributed by atoms with Crippen molar-refractivity contribution in [2.24, 2.45) is 0 Å². The predicted molar refractivity (Wildman–Crippen MR) is 76.7 cm³/mol. The number of hydrogen-bond acceptors (Lipinski definition) is 3. The minimum atomic E-state index is -3.32. The molecule has 1 aromatic rings. The second kappa shape index (κ2) is 6.50. The first-order valence-corrected chi connectivity index (χ1v) is 8.42. The van der Waals surface area contributed by atoms with Gasteiger partial charge in [-0.1, -0.05) is 19.1 Å². The van der Waals surface area contributed by atoms with Gasteiger partial charge in [0.15, 0.2) is 0 Å².